The fourth-order valence-electron chi connectivity index (χ4n) is 1.74. The minimum atomic E-state index is 0.442. The SMILES string of the molecule is CCCCCCCCCCC(=O)CSCC. The van der Waals surface area contributed by atoms with Gasteiger partial charge in [0.15, 0.2) is 0 Å². The van der Waals surface area contributed by atoms with E-state index in [-0.39, 0.29) is 0 Å². The third-order valence-corrected chi connectivity index (χ3v) is 3.71. The lowest BCUT2D eigenvalue weighted by molar-refractivity contribution is -0.116. The molecule has 96 valence electrons. The molecule has 0 amide bonds. The lowest BCUT2D eigenvalue weighted by Gasteiger charge is -2.01. The van der Waals surface area contributed by atoms with Crippen molar-refractivity contribution in [2.45, 2.75) is 71.6 Å². The molecule has 0 aromatic heterocycles. The number of rotatable bonds is 12. The third-order valence-electron chi connectivity index (χ3n) is 2.78. The molecule has 0 radical (unpaired) electrons. The molecule has 0 saturated carbocycles. The molecular weight excluding hydrogens is 216 g/mol. The average Bonchev–Trinajstić information content (AvgIpc) is 2.30. The summed E-state index contributed by atoms with van der Waals surface area (Å²) in [5, 5.41) is 0. The van der Waals surface area contributed by atoms with E-state index < -0.39 is 0 Å². The zero-order valence-electron chi connectivity index (χ0n) is 11.1. The summed E-state index contributed by atoms with van der Waals surface area (Å²) in [6.45, 7) is 4.36. The first-order valence-electron chi connectivity index (χ1n) is 6.90. The summed E-state index contributed by atoms with van der Waals surface area (Å²) in [5.74, 6) is 2.23. The van der Waals surface area contributed by atoms with Crippen LogP contribution in [0.15, 0.2) is 0 Å². The van der Waals surface area contributed by atoms with Gasteiger partial charge in [0.2, 0.25) is 0 Å². The molecule has 0 spiro atoms. The highest BCUT2D eigenvalue weighted by Gasteiger charge is 2.00. The predicted octanol–water partition coefficient (Wildman–Crippen LogP) is 4.84. The first-order valence-corrected chi connectivity index (χ1v) is 8.06. The molecule has 0 rings (SSSR count). The maximum absolute atomic E-state index is 11.4. The fraction of sp³-hybridized carbons (Fsp3) is 0.929. The number of hydrogen-bond acceptors (Lipinski definition) is 2. The van der Waals surface area contributed by atoms with Gasteiger partial charge in [-0.1, -0.05) is 58.8 Å². The smallest absolute Gasteiger partial charge is 0.142 e. The van der Waals surface area contributed by atoms with Crippen LogP contribution < -0.4 is 0 Å². The molecule has 1 nitrogen and oxygen atoms in total. The van der Waals surface area contributed by atoms with Crippen LogP contribution in [-0.2, 0) is 4.79 Å². The Labute approximate surface area is 106 Å². The first-order chi connectivity index (χ1) is 7.81. The van der Waals surface area contributed by atoms with Crippen LogP contribution in [0.1, 0.15) is 71.6 Å². The molecule has 0 aromatic rings. The fourth-order valence-corrected chi connectivity index (χ4v) is 2.32. The number of carbonyl (C=O) groups is 1. The molecule has 0 heterocycles. The summed E-state index contributed by atoms with van der Waals surface area (Å²) in [7, 11) is 0. The number of ketones is 1. The largest absolute Gasteiger partial charge is 0.299 e. The number of hydrogen-bond donors (Lipinski definition) is 0. The Hall–Kier alpha value is 0.0200. The molecule has 0 aliphatic carbocycles. The topological polar surface area (TPSA) is 17.1 Å². The third kappa shape index (κ3) is 12.1. The van der Waals surface area contributed by atoms with Gasteiger partial charge in [0.25, 0.3) is 0 Å². The molecule has 0 unspecified atom stereocenters. The van der Waals surface area contributed by atoms with Crippen molar-refractivity contribution in [2.24, 2.45) is 0 Å². The second-order valence-electron chi connectivity index (χ2n) is 4.40. The van der Waals surface area contributed by atoms with Crippen LogP contribution in [0.2, 0.25) is 0 Å². The molecule has 0 aliphatic heterocycles. The Morgan fingerprint density at radius 3 is 2.00 bits per heavy atom. The van der Waals surface area contributed by atoms with Crippen molar-refractivity contribution < 1.29 is 4.79 Å². The Morgan fingerprint density at radius 2 is 1.44 bits per heavy atom. The van der Waals surface area contributed by atoms with Crippen LogP contribution in [0.4, 0.5) is 0 Å². The average molecular weight is 244 g/mol. The van der Waals surface area contributed by atoms with Crippen molar-refractivity contribution >= 4 is 17.5 Å². The minimum absolute atomic E-state index is 0.442. The van der Waals surface area contributed by atoms with Crippen LogP contribution in [-0.4, -0.2) is 17.3 Å². The number of unbranched alkanes of at least 4 members (excludes halogenated alkanes) is 7. The number of thioether (sulfide) groups is 1. The highest BCUT2D eigenvalue weighted by Crippen LogP contribution is 2.10. The monoisotopic (exact) mass is 244 g/mol. The van der Waals surface area contributed by atoms with Gasteiger partial charge in [-0.25, -0.2) is 0 Å². The highest BCUT2D eigenvalue weighted by molar-refractivity contribution is 7.99. The Kier molecular flexibility index (Phi) is 13.1. The molecular formula is C14H28OS. The van der Waals surface area contributed by atoms with Gasteiger partial charge in [0.05, 0.1) is 5.75 Å². The van der Waals surface area contributed by atoms with Crippen molar-refractivity contribution in [2.75, 3.05) is 11.5 Å². The van der Waals surface area contributed by atoms with Crippen molar-refractivity contribution in [1.29, 1.82) is 0 Å². The van der Waals surface area contributed by atoms with Crippen LogP contribution >= 0.6 is 11.8 Å². The van der Waals surface area contributed by atoms with Crippen LogP contribution in [0.3, 0.4) is 0 Å². The summed E-state index contributed by atoms with van der Waals surface area (Å²) in [4.78, 5) is 11.4. The molecule has 0 aliphatic rings. The molecule has 0 fully saturated rings. The Balaban J connectivity index is 3.05. The number of carbonyl (C=O) groups excluding carboxylic acids is 1. The van der Waals surface area contributed by atoms with Gasteiger partial charge in [-0.05, 0) is 12.2 Å². The van der Waals surface area contributed by atoms with Crippen LogP contribution in [0, 0.1) is 0 Å². The number of Topliss-reactive ketones (excluding diaryl/α,β-unsaturated/α-hetero) is 1. The van der Waals surface area contributed by atoms with Gasteiger partial charge >= 0.3 is 0 Å². The van der Waals surface area contributed by atoms with E-state index in [1.165, 1.54) is 44.9 Å². The van der Waals surface area contributed by atoms with Gasteiger partial charge in [-0.15, -0.1) is 0 Å². The van der Waals surface area contributed by atoms with Crippen molar-refractivity contribution in [3.05, 3.63) is 0 Å². The van der Waals surface area contributed by atoms with Gasteiger partial charge in [0.1, 0.15) is 5.78 Å². The van der Waals surface area contributed by atoms with E-state index in [2.05, 4.69) is 13.8 Å². The second-order valence-corrected chi connectivity index (χ2v) is 5.67. The first kappa shape index (κ1) is 16.0. The van der Waals surface area contributed by atoms with E-state index in [0.29, 0.717) is 5.78 Å². The Morgan fingerprint density at radius 1 is 0.875 bits per heavy atom. The van der Waals surface area contributed by atoms with E-state index in [1.54, 1.807) is 11.8 Å². The molecule has 0 N–H and O–H groups in total. The maximum atomic E-state index is 11.4. The molecule has 0 bridgehead atoms. The summed E-state index contributed by atoms with van der Waals surface area (Å²) >= 11 is 1.74. The van der Waals surface area contributed by atoms with E-state index in [0.717, 1.165) is 24.3 Å². The zero-order valence-corrected chi connectivity index (χ0v) is 11.9. The van der Waals surface area contributed by atoms with E-state index >= 15 is 0 Å². The molecule has 0 aromatic carbocycles. The van der Waals surface area contributed by atoms with Crippen molar-refractivity contribution in [3.8, 4) is 0 Å². The van der Waals surface area contributed by atoms with E-state index in [1.807, 2.05) is 0 Å². The van der Waals surface area contributed by atoms with Crippen molar-refractivity contribution in [1.82, 2.24) is 0 Å². The van der Waals surface area contributed by atoms with Crippen molar-refractivity contribution in [3.63, 3.8) is 0 Å². The van der Waals surface area contributed by atoms with E-state index in [9.17, 15) is 4.79 Å². The van der Waals surface area contributed by atoms with Crippen LogP contribution in [0.5, 0.6) is 0 Å². The summed E-state index contributed by atoms with van der Waals surface area (Å²) in [6, 6.07) is 0. The normalized spacial score (nSPS) is 10.6. The van der Waals surface area contributed by atoms with Gasteiger partial charge < -0.3 is 0 Å². The lowest BCUT2D eigenvalue weighted by Crippen LogP contribution is -2.01. The van der Waals surface area contributed by atoms with Gasteiger partial charge in [-0.2, -0.15) is 11.8 Å². The molecule has 2 heteroatoms. The standard InChI is InChI=1S/C14H28OS/c1-3-5-6-7-8-9-10-11-12-14(15)13-16-4-2/h3-13H2,1-2H3. The molecule has 0 atom stereocenters. The summed E-state index contributed by atoms with van der Waals surface area (Å²) in [6.07, 6.45) is 11.3. The lowest BCUT2D eigenvalue weighted by atomic mass is 10.1. The highest BCUT2D eigenvalue weighted by atomic mass is 32.2. The van der Waals surface area contributed by atoms with Gasteiger partial charge in [-0.3, -0.25) is 4.79 Å². The zero-order chi connectivity index (χ0) is 12.1. The maximum Gasteiger partial charge on any atom is 0.142 e. The quantitative estimate of drug-likeness (QED) is 0.457. The molecule has 16 heavy (non-hydrogen) atoms. The predicted molar refractivity (Wildman–Crippen MR) is 75.2 cm³/mol. The van der Waals surface area contributed by atoms with E-state index in [4.69, 9.17) is 0 Å². The minimum Gasteiger partial charge on any atom is -0.299 e. The Bertz CT molecular complexity index is 157. The second kappa shape index (κ2) is 13.1. The van der Waals surface area contributed by atoms with Crippen LogP contribution in [0.25, 0.3) is 0 Å². The summed E-state index contributed by atoms with van der Waals surface area (Å²) < 4.78 is 0. The van der Waals surface area contributed by atoms with Gasteiger partial charge in [0, 0.05) is 6.42 Å². The summed E-state index contributed by atoms with van der Waals surface area (Å²) in [5.41, 5.74) is 0. The molecule has 0 saturated heterocycles.